The largest absolute Gasteiger partial charge is 0.495 e. The molecule has 0 radical (unpaired) electrons. The molecule has 24 heavy (non-hydrogen) atoms. The quantitative estimate of drug-likeness (QED) is 0.848. The summed E-state index contributed by atoms with van der Waals surface area (Å²) in [6.45, 7) is 2.73. The molecule has 1 aliphatic rings. The van der Waals surface area contributed by atoms with Crippen molar-refractivity contribution in [3.05, 3.63) is 58.6 Å². The van der Waals surface area contributed by atoms with Gasteiger partial charge in [-0.1, -0.05) is 29.8 Å². The van der Waals surface area contributed by atoms with Crippen molar-refractivity contribution < 1.29 is 9.53 Å². The summed E-state index contributed by atoms with van der Waals surface area (Å²) in [6, 6.07) is 13.5. The van der Waals surface area contributed by atoms with Gasteiger partial charge in [0.15, 0.2) is 0 Å². The monoisotopic (exact) mass is 344 g/mol. The highest BCUT2D eigenvalue weighted by molar-refractivity contribution is 6.30. The number of aryl methyl sites for hydroxylation is 1. The number of likely N-dealkylation sites (tertiary alicyclic amines) is 1. The first-order valence-corrected chi connectivity index (χ1v) is 8.44. The van der Waals surface area contributed by atoms with Crippen molar-refractivity contribution in [3.63, 3.8) is 0 Å². The number of amides is 2. The van der Waals surface area contributed by atoms with E-state index in [0.717, 1.165) is 30.5 Å². The van der Waals surface area contributed by atoms with Gasteiger partial charge >= 0.3 is 6.03 Å². The zero-order chi connectivity index (χ0) is 17.1. The van der Waals surface area contributed by atoms with Gasteiger partial charge in [0.2, 0.25) is 0 Å². The molecular formula is C19H21ClN2O2. The maximum Gasteiger partial charge on any atom is 0.322 e. The molecule has 2 aromatic carbocycles. The Hall–Kier alpha value is -2.20. The van der Waals surface area contributed by atoms with Crippen LogP contribution < -0.4 is 10.1 Å². The second-order valence-corrected chi connectivity index (χ2v) is 6.47. The van der Waals surface area contributed by atoms with Crippen molar-refractivity contribution in [1.29, 1.82) is 0 Å². The summed E-state index contributed by atoms with van der Waals surface area (Å²) in [7, 11) is 1.60. The highest BCUT2D eigenvalue weighted by Gasteiger charge is 2.30. The SMILES string of the molecule is COc1ccc(C)cc1NC(=O)N1CCCC1c1ccc(Cl)cc1. The Balaban J connectivity index is 1.79. The number of nitrogens with zero attached hydrogens (tertiary/aromatic N) is 1. The first-order valence-electron chi connectivity index (χ1n) is 8.06. The number of carbonyl (C=O) groups excluding carboxylic acids is 1. The van der Waals surface area contributed by atoms with E-state index < -0.39 is 0 Å². The molecule has 1 unspecified atom stereocenters. The van der Waals surface area contributed by atoms with E-state index in [1.165, 1.54) is 0 Å². The van der Waals surface area contributed by atoms with Crippen LogP contribution in [0.3, 0.4) is 0 Å². The number of halogens is 1. The molecule has 1 N–H and O–H groups in total. The summed E-state index contributed by atoms with van der Waals surface area (Å²) < 4.78 is 5.34. The number of hydrogen-bond donors (Lipinski definition) is 1. The number of anilines is 1. The molecular weight excluding hydrogens is 324 g/mol. The molecule has 3 rings (SSSR count). The molecule has 1 saturated heterocycles. The van der Waals surface area contributed by atoms with Gasteiger partial charge in [-0.2, -0.15) is 0 Å². The number of carbonyl (C=O) groups is 1. The Labute approximate surface area is 147 Å². The molecule has 4 nitrogen and oxygen atoms in total. The molecule has 0 aliphatic carbocycles. The van der Waals surface area contributed by atoms with Crippen LogP contribution in [0.25, 0.3) is 0 Å². The zero-order valence-electron chi connectivity index (χ0n) is 13.9. The predicted octanol–water partition coefficient (Wildman–Crippen LogP) is 5.03. The Bertz CT molecular complexity index is 731. The van der Waals surface area contributed by atoms with E-state index in [1.807, 2.05) is 54.3 Å². The van der Waals surface area contributed by atoms with E-state index in [2.05, 4.69) is 5.32 Å². The van der Waals surface area contributed by atoms with Gasteiger partial charge in [0.1, 0.15) is 5.75 Å². The summed E-state index contributed by atoms with van der Waals surface area (Å²) in [4.78, 5) is 14.7. The number of hydrogen-bond acceptors (Lipinski definition) is 2. The van der Waals surface area contributed by atoms with Gasteiger partial charge in [-0.3, -0.25) is 0 Å². The lowest BCUT2D eigenvalue weighted by Crippen LogP contribution is -2.34. The summed E-state index contributed by atoms with van der Waals surface area (Å²) in [5.41, 5.74) is 2.88. The fourth-order valence-electron chi connectivity index (χ4n) is 3.15. The fraction of sp³-hybridized carbons (Fsp3) is 0.316. The molecule has 0 spiro atoms. The standard InChI is InChI=1S/C19H21ClN2O2/c1-13-5-10-18(24-2)16(12-13)21-19(23)22-11-3-4-17(22)14-6-8-15(20)9-7-14/h5-10,12,17H,3-4,11H2,1-2H3,(H,21,23). The maximum absolute atomic E-state index is 12.8. The maximum atomic E-state index is 12.8. The van der Waals surface area contributed by atoms with Gasteiger partial charge < -0.3 is 15.0 Å². The molecule has 0 aromatic heterocycles. The summed E-state index contributed by atoms with van der Waals surface area (Å²) in [5.74, 6) is 0.663. The number of nitrogens with one attached hydrogen (secondary N) is 1. The third-order valence-corrected chi connectivity index (χ3v) is 4.62. The first kappa shape index (κ1) is 16.7. The van der Waals surface area contributed by atoms with Crippen LogP contribution in [0, 0.1) is 6.92 Å². The van der Waals surface area contributed by atoms with E-state index >= 15 is 0 Å². The second kappa shape index (κ2) is 7.14. The minimum Gasteiger partial charge on any atom is -0.495 e. The van der Waals surface area contributed by atoms with Crippen LogP contribution in [-0.2, 0) is 0 Å². The van der Waals surface area contributed by atoms with Crippen molar-refractivity contribution in [3.8, 4) is 5.75 Å². The molecule has 5 heteroatoms. The minimum atomic E-state index is -0.101. The van der Waals surface area contributed by atoms with Crippen molar-refractivity contribution in [1.82, 2.24) is 4.90 Å². The Morgan fingerprint density at radius 2 is 2.00 bits per heavy atom. The van der Waals surface area contributed by atoms with Gasteiger partial charge in [-0.05, 0) is 55.2 Å². The number of rotatable bonds is 3. The normalized spacial score (nSPS) is 17.0. The number of urea groups is 1. The molecule has 0 saturated carbocycles. The van der Waals surface area contributed by atoms with Gasteiger partial charge in [0.05, 0.1) is 18.8 Å². The summed E-state index contributed by atoms with van der Waals surface area (Å²) >= 11 is 5.97. The smallest absolute Gasteiger partial charge is 0.322 e. The minimum absolute atomic E-state index is 0.0815. The Morgan fingerprint density at radius 3 is 2.71 bits per heavy atom. The third-order valence-electron chi connectivity index (χ3n) is 4.37. The van der Waals surface area contributed by atoms with Crippen LogP contribution >= 0.6 is 11.6 Å². The molecule has 2 aromatic rings. The number of ether oxygens (including phenoxy) is 1. The van der Waals surface area contributed by atoms with Crippen LogP contribution in [0.15, 0.2) is 42.5 Å². The highest BCUT2D eigenvalue weighted by atomic mass is 35.5. The molecule has 0 bridgehead atoms. The van der Waals surface area contributed by atoms with Crippen LogP contribution in [0.5, 0.6) is 5.75 Å². The third kappa shape index (κ3) is 3.49. The predicted molar refractivity (Wildman–Crippen MR) is 96.9 cm³/mol. The highest BCUT2D eigenvalue weighted by Crippen LogP contribution is 2.34. The van der Waals surface area contributed by atoms with Gasteiger partial charge in [-0.15, -0.1) is 0 Å². The average molecular weight is 345 g/mol. The van der Waals surface area contributed by atoms with Gasteiger partial charge in [0.25, 0.3) is 0 Å². The van der Waals surface area contributed by atoms with Crippen LogP contribution in [0.2, 0.25) is 5.02 Å². The Morgan fingerprint density at radius 1 is 1.25 bits per heavy atom. The fourth-order valence-corrected chi connectivity index (χ4v) is 3.27. The van der Waals surface area contributed by atoms with Crippen molar-refractivity contribution in [2.45, 2.75) is 25.8 Å². The Kier molecular flexibility index (Phi) is 4.95. The molecule has 1 atom stereocenters. The lowest BCUT2D eigenvalue weighted by molar-refractivity contribution is 0.207. The van der Waals surface area contributed by atoms with E-state index in [-0.39, 0.29) is 12.1 Å². The van der Waals surface area contributed by atoms with E-state index in [0.29, 0.717) is 16.5 Å². The molecule has 1 aliphatic heterocycles. The number of methoxy groups -OCH3 is 1. The first-order chi connectivity index (χ1) is 11.6. The van der Waals surface area contributed by atoms with Crippen molar-refractivity contribution in [2.75, 3.05) is 19.0 Å². The molecule has 1 heterocycles. The number of benzene rings is 2. The van der Waals surface area contributed by atoms with Crippen LogP contribution in [0.1, 0.15) is 30.0 Å². The van der Waals surface area contributed by atoms with Crippen molar-refractivity contribution in [2.24, 2.45) is 0 Å². The molecule has 2 amide bonds. The van der Waals surface area contributed by atoms with E-state index in [1.54, 1.807) is 7.11 Å². The van der Waals surface area contributed by atoms with E-state index in [4.69, 9.17) is 16.3 Å². The van der Waals surface area contributed by atoms with Crippen LogP contribution in [-0.4, -0.2) is 24.6 Å². The zero-order valence-corrected chi connectivity index (χ0v) is 14.6. The van der Waals surface area contributed by atoms with Gasteiger partial charge in [-0.25, -0.2) is 4.79 Å². The van der Waals surface area contributed by atoms with Crippen LogP contribution in [0.4, 0.5) is 10.5 Å². The lowest BCUT2D eigenvalue weighted by Gasteiger charge is -2.26. The average Bonchev–Trinajstić information content (AvgIpc) is 3.05. The molecule has 1 fully saturated rings. The topological polar surface area (TPSA) is 41.6 Å². The van der Waals surface area contributed by atoms with Crippen molar-refractivity contribution >= 4 is 23.3 Å². The summed E-state index contributed by atoms with van der Waals surface area (Å²) in [6.07, 6.45) is 1.95. The second-order valence-electron chi connectivity index (χ2n) is 6.04. The lowest BCUT2D eigenvalue weighted by atomic mass is 10.1. The van der Waals surface area contributed by atoms with E-state index in [9.17, 15) is 4.79 Å². The summed E-state index contributed by atoms with van der Waals surface area (Å²) in [5, 5.41) is 3.70. The van der Waals surface area contributed by atoms with Gasteiger partial charge in [0, 0.05) is 11.6 Å². The molecule has 126 valence electrons.